The van der Waals surface area contributed by atoms with Gasteiger partial charge < -0.3 is 44.3 Å². The number of carbonyl (C=O) groups excluding carboxylic acids is 5. The number of amides is 1. The summed E-state index contributed by atoms with van der Waals surface area (Å²) in [5.41, 5.74) is -6.46. The van der Waals surface area contributed by atoms with Crippen LogP contribution in [-0.4, -0.2) is 99.0 Å². The Morgan fingerprint density at radius 1 is 0.965 bits per heavy atom. The maximum Gasteiger partial charge on any atom is 0.408 e. The number of Topliss-reactive ketones (excluding diaryl/α,β-unsaturated/α-hetero) is 1. The fraction of sp³-hybridized carbons (Fsp3) is 0.558. The first-order chi connectivity index (χ1) is 26.6. The Kier molecular flexibility index (Phi) is 11.0. The largest absolute Gasteiger partial charge is 0.456 e. The highest BCUT2D eigenvalue weighted by Gasteiger charge is 2.77. The van der Waals surface area contributed by atoms with E-state index in [9.17, 15) is 39.3 Å². The van der Waals surface area contributed by atoms with E-state index < -0.39 is 106 Å². The second kappa shape index (κ2) is 14.9. The summed E-state index contributed by atoms with van der Waals surface area (Å²) in [7, 11) is 0. The van der Waals surface area contributed by atoms with Gasteiger partial charge in [0.2, 0.25) is 0 Å². The highest BCUT2D eigenvalue weighted by atomic mass is 16.6. The molecule has 0 spiro atoms. The Labute approximate surface area is 331 Å². The van der Waals surface area contributed by atoms with E-state index in [1.165, 1.54) is 26.0 Å². The lowest BCUT2D eigenvalue weighted by molar-refractivity contribution is -0.344. The van der Waals surface area contributed by atoms with Crippen molar-refractivity contribution in [1.29, 1.82) is 0 Å². The Morgan fingerprint density at radius 2 is 1.58 bits per heavy atom. The highest BCUT2D eigenvalue weighted by molar-refractivity contribution is 5.91. The summed E-state index contributed by atoms with van der Waals surface area (Å²) in [6.45, 7) is 12.6. The monoisotopic (exact) mass is 791 g/mol. The molecule has 14 nitrogen and oxygen atoms in total. The number of esters is 3. The molecule has 0 aromatic heterocycles. The molecule has 0 radical (unpaired) electrons. The number of fused-ring (bicyclic) bond motifs is 5. The van der Waals surface area contributed by atoms with Crippen LogP contribution in [0.15, 0.2) is 71.8 Å². The number of alkyl carbamates (subject to hydrolysis) is 1. The Morgan fingerprint density at radius 3 is 2.14 bits per heavy atom. The van der Waals surface area contributed by atoms with Crippen LogP contribution in [0.2, 0.25) is 0 Å². The van der Waals surface area contributed by atoms with Gasteiger partial charge in [-0.1, -0.05) is 68.0 Å². The van der Waals surface area contributed by atoms with Crippen molar-refractivity contribution >= 4 is 29.8 Å². The molecule has 1 heterocycles. The summed E-state index contributed by atoms with van der Waals surface area (Å²) in [5, 5.41) is 39.4. The molecule has 2 aromatic rings. The quantitative estimate of drug-likeness (QED) is 0.168. The minimum Gasteiger partial charge on any atom is -0.456 e. The smallest absolute Gasteiger partial charge is 0.408 e. The average molecular weight is 792 g/mol. The first-order valence-corrected chi connectivity index (χ1v) is 19.2. The zero-order valence-corrected chi connectivity index (χ0v) is 33.6. The molecule has 2 bridgehead atoms. The molecule has 4 N–H and O–H groups in total. The van der Waals surface area contributed by atoms with Gasteiger partial charge in [0.25, 0.3) is 0 Å². The second-order valence-corrected chi connectivity index (χ2v) is 17.5. The Bertz CT molecular complexity index is 1940. The van der Waals surface area contributed by atoms with Gasteiger partial charge in [0, 0.05) is 31.6 Å². The summed E-state index contributed by atoms with van der Waals surface area (Å²) in [6, 6.07) is 15.0. The predicted molar refractivity (Wildman–Crippen MR) is 202 cm³/mol. The van der Waals surface area contributed by atoms with Crippen LogP contribution in [0.25, 0.3) is 0 Å². The van der Waals surface area contributed by atoms with E-state index in [1.807, 2.05) is 0 Å². The molecule has 308 valence electrons. The molecule has 57 heavy (non-hydrogen) atoms. The molecule has 14 heteroatoms. The standard InChI is InChI=1S/C43H53NO13/c1-23-27-19-29(46)41(8)30(47)20-31-42(22-53-31,56-24(2)45)34(41)35(55-36(49)26-17-13-10-14-18-26)43(52,40(27,6)7)21-28(23)54-37(50)33(48)32(25-15-11-9-12-16-25)44-38(51)57-39(3,4)5/h9-18,28,30-35,47-48,52H,19-22H2,1-8H3,(H,44,51)/t28-,30-,31+,32-,33+,34-,35-,41+,42-,43+/m0/s1. The third-order valence-corrected chi connectivity index (χ3v) is 12.6. The number of aliphatic hydroxyl groups excluding tert-OH is 2. The van der Waals surface area contributed by atoms with E-state index in [1.54, 1.807) is 90.1 Å². The van der Waals surface area contributed by atoms with Crippen molar-refractivity contribution in [3.63, 3.8) is 0 Å². The number of ether oxygens (including phenoxy) is 5. The van der Waals surface area contributed by atoms with Crippen LogP contribution in [0.4, 0.5) is 4.79 Å². The van der Waals surface area contributed by atoms with Crippen molar-refractivity contribution in [2.24, 2.45) is 16.7 Å². The van der Waals surface area contributed by atoms with E-state index in [2.05, 4.69) is 5.32 Å². The molecule has 1 saturated heterocycles. The maximum atomic E-state index is 14.9. The number of hydrogen-bond donors (Lipinski definition) is 4. The first-order valence-electron chi connectivity index (χ1n) is 19.2. The molecular formula is C43H53NO13. The predicted octanol–water partition coefficient (Wildman–Crippen LogP) is 4.29. The van der Waals surface area contributed by atoms with E-state index in [0.29, 0.717) is 16.7 Å². The molecule has 4 aliphatic rings. The van der Waals surface area contributed by atoms with Crippen LogP contribution in [0.3, 0.4) is 0 Å². The lowest BCUT2D eigenvalue weighted by atomic mass is 9.45. The zero-order valence-electron chi connectivity index (χ0n) is 33.6. The molecule has 2 saturated carbocycles. The van der Waals surface area contributed by atoms with E-state index >= 15 is 0 Å². The van der Waals surface area contributed by atoms with Crippen molar-refractivity contribution < 1.29 is 63.0 Å². The molecule has 1 amide bonds. The van der Waals surface area contributed by atoms with E-state index in [-0.39, 0.29) is 25.0 Å². The molecule has 3 aliphatic carbocycles. The molecule has 6 rings (SSSR count). The Balaban J connectivity index is 1.46. The molecule has 1 aliphatic heterocycles. The molecule has 2 aromatic carbocycles. The van der Waals surface area contributed by atoms with Gasteiger partial charge in [0.15, 0.2) is 11.7 Å². The molecule has 0 unspecified atom stereocenters. The number of ketones is 1. The third-order valence-electron chi connectivity index (χ3n) is 12.6. The SMILES string of the molecule is CC(=O)O[C@@]12CO[C@@H]1C[C@H](O)[C@@]1(C)C(=O)CC3=C(C)[C@@H](OC(=O)[C@H](O)[C@@H](NC(=O)OC(C)(C)C)c4ccccc4)C[C@@](O)([C@@H](OC(=O)c4ccccc4)[C@H]21)C3(C)C. The van der Waals surface area contributed by atoms with Gasteiger partial charge in [-0.15, -0.1) is 0 Å². The number of rotatable bonds is 8. The third kappa shape index (κ3) is 7.26. The average Bonchev–Trinajstić information content (AvgIpc) is 3.13. The van der Waals surface area contributed by atoms with Crippen LogP contribution in [0, 0.1) is 16.7 Å². The van der Waals surface area contributed by atoms with Gasteiger partial charge >= 0.3 is 24.0 Å². The van der Waals surface area contributed by atoms with Gasteiger partial charge in [-0.2, -0.15) is 0 Å². The fourth-order valence-electron chi connectivity index (χ4n) is 9.38. The number of aliphatic hydroxyl groups is 3. The van der Waals surface area contributed by atoms with Crippen LogP contribution >= 0.6 is 0 Å². The minimum atomic E-state index is -2.17. The van der Waals surface area contributed by atoms with Crippen LogP contribution in [-0.2, 0) is 38.1 Å². The summed E-state index contributed by atoms with van der Waals surface area (Å²) < 4.78 is 29.7. The van der Waals surface area contributed by atoms with E-state index in [4.69, 9.17) is 23.7 Å². The van der Waals surface area contributed by atoms with Crippen molar-refractivity contribution in [3.05, 3.63) is 82.9 Å². The van der Waals surface area contributed by atoms with Gasteiger partial charge in [-0.25, -0.2) is 14.4 Å². The normalized spacial score (nSPS) is 32.8. The fourth-order valence-corrected chi connectivity index (χ4v) is 9.38. The van der Waals surface area contributed by atoms with E-state index in [0.717, 1.165) is 0 Å². The van der Waals surface area contributed by atoms with Crippen molar-refractivity contribution in [2.75, 3.05) is 6.61 Å². The highest BCUT2D eigenvalue weighted by Crippen LogP contribution is 2.64. The topological polar surface area (TPSA) is 204 Å². The van der Waals surface area contributed by atoms with Gasteiger partial charge in [0.05, 0.1) is 35.6 Å². The molecule has 10 atom stereocenters. The number of nitrogens with one attached hydrogen (secondary N) is 1. The number of carbonyl (C=O) groups is 5. The molecule has 3 fully saturated rings. The maximum absolute atomic E-state index is 14.9. The summed E-state index contributed by atoms with van der Waals surface area (Å²) in [4.78, 5) is 68.8. The summed E-state index contributed by atoms with van der Waals surface area (Å²) in [5.74, 6) is -4.53. The van der Waals surface area contributed by atoms with Crippen molar-refractivity contribution in [1.82, 2.24) is 5.32 Å². The molecular weight excluding hydrogens is 738 g/mol. The number of hydrogen-bond acceptors (Lipinski definition) is 13. The van der Waals surface area contributed by atoms with Gasteiger partial charge in [0.1, 0.15) is 35.3 Å². The summed E-state index contributed by atoms with van der Waals surface area (Å²) >= 11 is 0. The van der Waals surface area contributed by atoms with Crippen LogP contribution < -0.4 is 5.32 Å². The lowest BCUT2D eigenvalue weighted by Gasteiger charge is -2.67. The van der Waals surface area contributed by atoms with Crippen molar-refractivity contribution in [3.8, 4) is 0 Å². The van der Waals surface area contributed by atoms with Crippen molar-refractivity contribution in [2.45, 2.75) is 128 Å². The zero-order chi connectivity index (χ0) is 41.9. The van der Waals surface area contributed by atoms with Gasteiger partial charge in [-0.3, -0.25) is 9.59 Å². The second-order valence-electron chi connectivity index (χ2n) is 17.5. The lowest BCUT2D eigenvalue weighted by Crippen LogP contribution is -2.80. The summed E-state index contributed by atoms with van der Waals surface area (Å²) in [6.07, 6.45) is -8.87. The Hall–Kier alpha value is -4.63. The minimum absolute atomic E-state index is 0.0662. The van der Waals surface area contributed by atoms with Crippen LogP contribution in [0.1, 0.15) is 96.6 Å². The van der Waals surface area contributed by atoms with Crippen LogP contribution in [0.5, 0.6) is 0 Å². The van der Waals surface area contributed by atoms with Gasteiger partial charge in [-0.05, 0) is 57.9 Å². The first kappa shape index (κ1) is 42.0. The number of benzene rings is 2.